The Hall–Kier alpha value is -3.93. The number of halogens is 1. The van der Waals surface area contributed by atoms with E-state index in [0.29, 0.717) is 18.4 Å². The van der Waals surface area contributed by atoms with Crippen LogP contribution >= 0.6 is 0 Å². The minimum Gasteiger partial charge on any atom is -0.480 e. The van der Waals surface area contributed by atoms with Gasteiger partial charge in [0.2, 0.25) is 0 Å². The number of rotatable bonds is 6. The maximum absolute atomic E-state index is 14.2. The van der Waals surface area contributed by atoms with Gasteiger partial charge in [0.25, 0.3) is 5.56 Å². The molecule has 3 aromatic carbocycles. The third kappa shape index (κ3) is 3.96. The van der Waals surface area contributed by atoms with Crippen molar-refractivity contribution in [3.8, 4) is 0 Å². The lowest BCUT2D eigenvalue weighted by molar-refractivity contribution is -0.135. The molecule has 5 nitrogen and oxygen atoms in total. The van der Waals surface area contributed by atoms with Gasteiger partial charge in [0.1, 0.15) is 12.4 Å². The van der Waals surface area contributed by atoms with Gasteiger partial charge in [-0.1, -0.05) is 48.5 Å². The molecule has 1 N–H and O–H groups in total. The first-order chi connectivity index (χ1) is 16.4. The molecule has 0 radical (unpaired) electrons. The van der Waals surface area contributed by atoms with Crippen molar-refractivity contribution in [3.63, 3.8) is 0 Å². The third-order valence-electron chi connectivity index (χ3n) is 6.79. The number of anilines is 1. The average Bonchev–Trinajstić information content (AvgIpc) is 3.07. The number of nitrogens with zero attached hydrogens (tertiary/aromatic N) is 2. The number of carboxylic acids is 1. The van der Waals surface area contributed by atoms with E-state index in [4.69, 9.17) is 0 Å². The zero-order valence-electron chi connectivity index (χ0n) is 18.8. The minimum absolute atomic E-state index is 0.0541. The maximum Gasteiger partial charge on any atom is 0.323 e. The fourth-order valence-corrected chi connectivity index (χ4v) is 5.15. The van der Waals surface area contributed by atoms with E-state index < -0.39 is 5.97 Å². The van der Waals surface area contributed by atoms with Crippen LogP contribution in [-0.2, 0) is 17.8 Å². The molecule has 2 unspecified atom stereocenters. The normalized spacial score (nSPS) is 17.2. The van der Waals surface area contributed by atoms with Gasteiger partial charge in [0, 0.05) is 29.2 Å². The van der Waals surface area contributed by atoms with Gasteiger partial charge < -0.3 is 14.6 Å². The van der Waals surface area contributed by atoms with E-state index in [2.05, 4.69) is 0 Å². The molecule has 0 fully saturated rings. The summed E-state index contributed by atoms with van der Waals surface area (Å²) in [5, 5.41) is 11.0. The maximum atomic E-state index is 14.2. The van der Waals surface area contributed by atoms with Crippen LogP contribution in [-0.4, -0.2) is 28.2 Å². The molecule has 0 aliphatic carbocycles. The molecule has 0 spiro atoms. The highest BCUT2D eigenvalue weighted by molar-refractivity contribution is 5.85. The Kier molecular flexibility index (Phi) is 5.65. The van der Waals surface area contributed by atoms with Crippen molar-refractivity contribution in [1.29, 1.82) is 0 Å². The van der Waals surface area contributed by atoms with Crippen LogP contribution in [0.25, 0.3) is 10.8 Å². The monoisotopic (exact) mass is 456 g/mol. The minimum atomic E-state index is -0.926. The summed E-state index contributed by atoms with van der Waals surface area (Å²) in [6.07, 6.45) is 2.46. The van der Waals surface area contributed by atoms with Crippen LogP contribution in [0.5, 0.6) is 0 Å². The highest BCUT2D eigenvalue weighted by Crippen LogP contribution is 2.43. The SMILES string of the molecule is CC1C(Cc2cn(Cc3ccccc3)c(=O)c3ccccc23)c2cc(F)ccc2N1CC(=O)O. The average molecular weight is 457 g/mol. The van der Waals surface area contributed by atoms with Crippen molar-refractivity contribution < 1.29 is 14.3 Å². The first-order valence-electron chi connectivity index (χ1n) is 11.3. The summed E-state index contributed by atoms with van der Waals surface area (Å²) in [6.45, 7) is 2.28. The molecule has 2 heterocycles. The second-order valence-corrected chi connectivity index (χ2v) is 8.89. The number of pyridine rings is 1. The number of hydrogen-bond acceptors (Lipinski definition) is 3. The van der Waals surface area contributed by atoms with Crippen LogP contribution in [0.2, 0.25) is 0 Å². The van der Waals surface area contributed by atoms with Crippen LogP contribution in [0.1, 0.15) is 29.5 Å². The predicted molar refractivity (Wildman–Crippen MR) is 131 cm³/mol. The number of carboxylic acid groups (broad SMARTS) is 1. The molecule has 6 heteroatoms. The molecule has 1 aromatic heterocycles. The lowest BCUT2D eigenvalue weighted by Gasteiger charge is -2.26. The number of hydrogen-bond donors (Lipinski definition) is 1. The standard InChI is InChI=1S/C28H25FN2O3/c1-18-24(25-14-21(29)11-12-26(25)31(18)17-27(32)33)13-20-16-30(15-19-7-3-2-4-8-19)28(34)23-10-6-5-9-22(20)23/h2-12,14,16,18,24H,13,15,17H2,1H3,(H,32,33). The number of carbonyl (C=O) groups is 1. The van der Waals surface area contributed by atoms with Crippen LogP contribution < -0.4 is 10.5 Å². The first kappa shape index (κ1) is 21.9. The molecular weight excluding hydrogens is 431 g/mol. The molecule has 5 rings (SSSR count). The van der Waals surface area contributed by atoms with Crippen molar-refractivity contribution in [2.45, 2.75) is 31.8 Å². The van der Waals surface area contributed by atoms with Crippen molar-refractivity contribution in [3.05, 3.63) is 112 Å². The Balaban J connectivity index is 1.60. The number of fused-ring (bicyclic) bond motifs is 2. The largest absolute Gasteiger partial charge is 0.480 e. The second kappa shape index (κ2) is 8.78. The van der Waals surface area contributed by atoms with E-state index in [1.807, 2.05) is 72.6 Å². The molecule has 0 saturated heterocycles. The zero-order chi connectivity index (χ0) is 23.8. The van der Waals surface area contributed by atoms with Gasteiger partial charge in [-0.25, -0.2) is 4.39 Å². The van der Waals surface area contributed by atoms with Gasteiger partial charge in [0.15, 0.2) is 0 Å². The summed E-state index contributed by atoms with van der Waals surface area (Å²) >= 11 is 0. The van der Waals surface area contributed by atoms with Crippen LogP contribution in [0.15, 0.2) is 83.8 Å². The van der Waals surface area contributed by atoms with Gasteiger partial charge in [0.05, 0.1) is 6.54 Å². The van der Waals surface area contributed by atoms with E-state index in [9.17, 15) is 19.1 Å². The van der Waals surface area contributed by atoms with Gasteiger partial charge in [-0.3, -0.25) is 9.59 Å². The fourth-order valence-electron chi connectivity index (χ4n) is 5.15. The zero-order valence-corrected chi connectivity index (χ0v) is 18.8. The number of aromatic nitrogens is 1. The summed E-state index contributed by atoms with van der Waals surface area (Å²) < 4.78 is 16.0. The van der Waals surface area contributed by atoms with Crippen LogP contribution in [0.4, 0.5) is 10.1 Å². The summed E-state index contributed by atoms with van der Waals surface area (Å²) in [5.74, 6) is -1.38. The topological polar surface area (TPSA) is 62.5 Å². The number of benzene rings is 3. The van der Waals surface area contributed by atoms with Gasteiger partial charge in [-0.2, -0.15) is 0 Å². The van der Waals surface area contributed by atoms with Crippen LogP contribution in [0, 0.1) is 5.82 Å². The van der Waals surface area contributed by atoms with Crippen molar-refractivity contribution in [1.82, 2.24) is 4.57 Å². The molecule has 2 atom stereocenters. The molecular formula is C28H25FN2O3. The molecule has 34 heavy (non-hydrogen) atoms. The van der Waals surface area contributed by atoms with Gasteiger partial charge in [-0.15, -0.1) is 0 Å². The summed E-state index contributed by atoms with van der Waals surface area (Å²) in [4.78, 5) is 26.6. The van der Waals surface area contributed by atoms with Crippen LogP contribution in [0.3, 0.4) is 0 Å². The van der Waals surface area contributed by atoms with E-state index >= 15 is 0 Å². The van der Waals surface area contributed by atoms with Gasteiger partial charge >= 0.3 is 5.97 Å². The third-order valence-corrected chi connectivity index (χ3v) is 6.79. The quantitative estimate of drug-likeness (QED) is 0.452. The van der Waals surface area contributed by atoms with Crippen molar-refractivity contribution >= 4 is 22.4 Å². The lowest BCUT2D eigenvalue weighted by Crippen LogP contribution is -2.36. The Morgan fingerprint density at radius 2 is 1.71 bits per heavy atom. The molecule has 1 aliphatic rings. The Bertz CT molecular complexity index is 1430. The summed E-state index contributed by atoms with van der Waals surface area (Å²) in [7, 11) is 0. The molecule has 0 saturated carbocycles. The summed E-state index contributed by atoms with van der Waals surface area (Å²) in [6, 6.07) is 21.8. The smallest absolute Gasteiger partial charge is 0.323 e. The van der Waals surface area contributed by atoms with E-state index in [1.165, 1.54) is 12.1 Å². The lowest BCUT2D eigenvalue weighted by atomic mass is 9.88. The molecule has 172 valence electrons. The highest BCUT2D eigenvalue weighted by atomic mass is 19.1. The Morgan fingerprint density at radius 3 is 2.44 bits per heavy atom. The first-order valence-corrected chi connectivity index (χ1v) is 11.3. The molecule has 0 amide bonds. The Labute approximate surface area is 196 Å². The van der Waals surface area contributed by atoms with E-state index in [1.54, 1.807) is 10.6 Å². The van der Waals surface area contributed by atoms with E-state index in [-0.39, 0.29) is 29.9 Å². The molecule has 0 bridgehead atoms. The van der Waals surface area contributed by atoms with Crippen molar-refractivity contribution in [2.75, 3.05) is 11.4 Å². The second-order valence-electron chi connectivity index (χ2n) is 8.89. The Morgan fingerprint density at radius 1 is 1.00 bits per heavy atom. The van der Waals surface area contributed by atoms with Gasteiger partial charge in [-0.05, 0) is 59.7 Å². The molecule has 4 aromatic rings. The van der Waals surface area contributed by atoms with Crippen molar-refractivity contribution in [2.24, 2.45) is 0 Å². The molecule has 1 aliphatic heterocycles. The predicted octanol–water partition coefficient (Wildman–Crippen LogP) is 4.81. The fraction of sp³-hybridized carbons (Fsp3) is 0.214. The highest BCUT2D eigenvalue weighted by Gasteiger charge is 2.37. The van der Waals surface area contributed by atoms with E-state index in [0.717, 1.165) is 27.8 Å². The number of aliphatic carboxylic acids is 1. The summed E-state index contributed by atoms with van der Waals surface area (Å²) in [5.41, 5.74) is 3.51.